The normalized spacial score (nSPS) is 16.3. The predicted molar refractivity (Wildman–Crippen MR) is 131 cm³/mol. The first kappa shape index (κ1) is 29.2. The van der Waals surface area contributed by atoms with Crippen molar-refractivity contribution in [1.82, 2.24) is 10.2 Å². The van der Waals surface area contributed by atoms with Crippen LogP contribution in [0.1, 0.15) is 31.4 Å². The molecular formula is C25H27F4N3O5S. The average molecular weight is 558 g/mol. The fourth-order valence-corrected chi connectivity index (χ4v) is 4.86. The van der Waals surface area contributed by atoms with Crippen LogP contribution >= 0.6 is 11.8 Å². The van der Waals surface area contributed by atoms with E-state index in [4.69, 9.17) is 15.6 Å². The minimum Gasteiger partial charge on any atom is -0.478 e. The van der Waals surface area contributed by atoms with Gasteiger partial charge < -0.3 is 25.8 Å². The third kappa shape index (κ3) is 7.16. The Morgan fingerprint density at radius 3 is 2.42 bits per heavy atom. The van der Waals surface area contributed by atoms with Gasteiger partial charge in [0.25, 0.3) is 5.91 Å². The number of rotatable bonds is 10. The molecular weight excluding hydrogens is 530 g/mol. The Kier molecular flexibility index (Phi) is 9.26. The second-order valence-electron chi connectivity index (χ2n) is 9.22. The molecule has 1 aliphatic heterocycles. The number of thioether (sulfide) groups is 1. The maximum absolute atomic E-state index is 14.5. The summed E-state index contributed by atoms with van der Waals surface area (Å²) < 4.78 is 60.3. The standard InChI is InChI=1S/C25H27F4N3O5S/c1-25(2,24(35)36)37-16-4-3-13(17(26)10-16)12-31-22(34)23-32(5-6-38-23)21(33)9-15(30)7-14-8-19(28)20(29)11-18(14)27/h3-4,8,10-11,15,23H,5-7,9,12,30H2,1-2H3,(H,31,34)(H,35,36). The van der Waals surface area contributed by atoms with Gasteiger partial charge >= 0.3 is 5.97 Å². The molecule has 0 bridgehead atoms. The van der Waals surface area contributed by atoms with E-state index >= 15 is 0 Å². The topological polar surface area (TPSA) is 122 Å². The van der Waals surface area contributed by atoms with Gasteiger partial charge in [0.1, 0.15) is 17.4 Å². The molecule has 38 heavy (non-hydrogen) atoms. The number of carboxylic acids is 1. The molecule has 1 aliphatic rings. The number of halogens is 4. The molecule has 13 heteroatoms. The van der Waals surface area contributed by atoms with E-state index in [0.717, 1.165) is 6.07 Å². The van der Waals surface area contributed by atoms with Crippen LogP contribution in [-0.4, -0.2) is 57.1 Å². The van der Waals surface area contributed by atoms with Gasteiger partial charge in [-0.1, -0.05) is 6.07 Å². The number of carboxylic acid groups (broad SMARTS) is 1. The van der Waals surface area contributed by atoms with Crippen molar-refractivity contribution in [1.29, 1.82) is 0 Å². The first-order valence-electron chi connectivity index (χ1n) is 11.6. The Morgan fingerprint density at radius 1 is 1.11 bits per heavy atom. The summed E-state index contributed by atoms with van der Waals surface area (Å²) in [6, 6.07) is 3.95. The molecule has 206 valence electrons. The molecule has 0 spiro atoms. The number of nitrogens with one attached hydrogen (secondary N) is 1. The van der Waals surface area contributed by atoms with Gasteiger partial charge in [-0.25, -0.2) is 22.4 Å². The lowest BCUT2D eigenvalue weighted by atomic mass is 10.0. The second kappa shape index (κ2) is 12.0. The van der Waals surface area contributed by atoms with Gasteiger partial charge in [-0.2, -0.15) is 0 Å². The Labute approximate surface area is 220 Å². The van der Waals surface area contributed by atoms with Crippen LogP contribution in [0, 0.1) is 23.3 Å². The molecule has 0 radical (unpaired) electrons. The summed E-state index contributed by atoms with van der Waals surface area (Å²) >= 11 is 1.21. The SMILES string of the molecule is CC(C)(Oc1ccc(CNC(=O)C2SCCN2C(=O)CC(N)Cc2cc(F)c(F)cc2F)c(F)c1)C(=O)O. The van der Waals surface area contributed by atoms with Crippen molar-refractivity contribution in [3.05, 3.63) is 64.7 Å². The minimum absolute atomic E-state index is 0.00712. The van der Waals surface area contributed by atoms with Crippen molar-refractivity contribution >= 4 is 29.5 Å². The van der Waals surface area contributed by atoms with Gasteiger partial charge in [0.2, 0.25) is 5.91 Å². The molecule has 2 aromatic rings. The largest absolute Gasteiger partial charge is 0.478 e. The Hall–Kier alpha value is -3.32. The molecule has 1 heterocycles. The van der Waals surface area contributed by atoms with Gasteiger partial charge in [0, 0.05) is 49.0 Å². The zero-order chi connectivity index (χ0) is 28.2. The fraction of sp³-hybridized carbons (Fsp3) is 0.400. The summed E-state index contributed by atoms with van der Waals surface area (Å²) in [4.78, 5) is 38.1. The number of nitrogens with zero attached hydrogens (tertiary/aromatic N) is 1. The van der Waals surface area contributed by atoms with Crippen LogP contribution in [-0.2, 0) is 27.3 Å². The number of amides is 2. The van der Waals surface area contributed by atoms with Crippen LogP contribution < -0.4 is 15.8 Å². The van der Waals surface area contributed by atoms with Gasteiger partial charge in [-0.05, 0) is 38.0 Å². The van der Waals surface area contributed by atoms with E-state index in [1.54, 1.807) is 0 Å². The molecule has 0 aliphatic carbocycles. The lowest BCUT2D eigenvalue weighted by molar-refractivity contribution is -0.152. The number of ether oxygens (including phenoxy) is 1. The maximum atomic E-state index is 14.5. The van der Waals surface area contributed by atoms with Crippen molar-refractivity contribution in [2.24, 2.45) is 5.73 Å². The molecule has 0 saturated carbocycles. The first-order valence-corrected chi connectivity index (χ1v) is 12.6. The highest BCUT2D eigenvalue weighted by molar-refractivity contribution is 8.00. The van der Waals surface area contributed by atoms with Gasteiger partial charge in [0.05, 0.1) is 0 Å². The zero-order valence-corrected chi connectivity index (χ0v) is 21.4. The molecule has 3 rings (SSSR count). The zero-order valence-electron chi connectivity index (χ0n) is 20.6. The van der Waals surface area contributed by atoms with Crippen LogP contribution in [0.2, 0.25) is 0 Å². The fourth-order valence-electron chi connectivity index (χ4n) is 3.70. The summed E-state index contributed by atoms with van der Waals surface area (Å²) in [5, 5.41) is 10.8. The molecule has 4 N–H and O–H groups in total. The number of carbonyl (C=O) groups is 3. The minimum atomic E-state index is -1.57. The lowest BCUT2D eigenvalue weighted by Crippen LogP contribution is -2.46. The quantitative estimate of drug-likeness (QED) is 0.303. The summed E-state index contributed by atoms with van der Waals surface area (Å²) in [5.74, 6) is -6.00. The number of carbonyl (C=O) groups excluding carboxylic acids is 2. The van der Waals surface area contributed by atoms with Crippen LogP contribution in [0.3, 0.4) is 0 Å². The lowest BCUT2D eigenvalue weighted by Gasteiger charge is -2.25. The average Bonchev–Trinajstić information content (AvgIpc) is 3.32. The highest BCUT2D eigenvalue weighted by atomic mass is 32.2. The molecule has 2 unspecified atom stereocenters. The Bertz CT molecular complexity index is 1230. The second-order valence-corrected chi connectivity index (χ2v) is 10.4. The summed E-state index contributed by atoms with van der Waals surface area (Å²) in [7, 11) is 0. The van der Waals surface area contributed by atoms with Crippen LogP contribution in [0.25, 0.3) is 0 Å². The van der Waals surface area contributed by atoms with Crippen LogP contribution in [0.5, 0.6) is 5.75 Å². The molecule has 2 amide bonds. The Morgan fingerprint density at radius 2 is 1.76 bits per heavy atom. The molecule has 1 saturated heterocycles. The van der Waals surface area contributed by atoms with E-state index in [9.17, 15) is 31.9 Å². The monoisotopic (exact) mass is 557 g/mol. The maximum Gasteiger partial charge on any atom is 0.347 e. The van der Waals surface area contributed by atoms with E-state index < -0.39 is 58.1 Å². The number of nitrogens with two attached hydrogens (primary N) is 1. The highest BCUT2D eigenvalue weighted by Gasteiger charge is 2.35. The van der Waals surface area contributed by atoms with E-state index in [1.807, 2.05) is 0 Å². The molecule has 0 aromatic heterocycles. The molecule has 1 fully saturated rings. The van der Waals surface area contributed by atoms with Crippen molar-refractivity contribution in [3.63, 3.8) is 0 Å². The van der Waals surface area contributed by atoms with Crippen molar-refractivity contribution in [2.45, 2.75) is 50.3 Å². The third-order valence-corrected chi connectivity index (χ3v) is 7.01. The predicted octanol–water partition coefficient (Wildman–Crippen LogP) is 2.96. The summed E-state index contributed by atoms with van der Waals surface area (Å²) in [6.45, 7) is 2.71. The van der Waals surface area contributed by atoms with Crippen LogP contribution in [0.4, 0.5) is 17.6 Å². The number of benzene rings is 2. The van der Waals surface area contributed by atoms with Gasteiger partial charge in [-0.15, -0.1) is 11.8 Å². The smallest absolute Gasteiger partial charge is 0.347 e. The number of hydrogen-bond donors (Lipinski definition) is 3. The van der Waals surface area contributed by atoms with E-state index in [2.05, 4.69) is 5.32 Å². The molecule has 2 aromatic carbocycles. The number of hydrogen-bond acceptors (Lipinski definition) is 6. The highest BCUT2D eigenvalue weighted by Crippen LogP contribution is 2.26. The van der Waals surface area contributed by atoms with E-state index in [1.165, 1.54) is 42.6 Å². The molecule has 8 nitrogen and oxygen atoms in total. The van der Waals surface area contributed by atoms with Crippen LogP contribution in [0.15, 0.2) is 30.3 Å². The van der Waals surface area contributed by atoms with E-state index in [0.29, 0.717) is 17.9 Å². The first-order chi connectivity index (χ1) is 17.8. The van der Waals surface area contributed by atoms with Crippen molar-refractivity contribution in [2.75, 3.05) is 12.3 Å². The van der Waals surface area contributed by atoms with Gasteiger partial charge in [-0.3, -0.25) is 9.59 Å². The van der Waals surface area contributed by atoms with Gasteiger partial charge in [0.15, 0.2) is 22.6 Å². The van der Waals surface area contributed by atoms with E-state index in [-0.39, 0.29) is 42.8 Å². The number of aliphatic carboxylic acids is 1. The Balaban J connectivity index is 1.56. The van der Waals surface area contributed by atoms with Crippen molar-refractivity contribution < 1.29 is 41.8 Å². The summed E-state index contributed by atoms with van der Waals surface area (Å²) in [6.07, 6.45) is -0.471. The summed E-state index contributed by atoms with van der Waals surface area (Å²) in [5.41, 5.74) is 4.34. The molecule has 2 atom stereocenters. The van der Waals surface area contributed by atoms with Crippen molar-refractivity contribution in [3.8, 4) is 5.75 Å². The third-order valence-electron chi connectivity index (χ3n) is 5.81.